The summed E-state index contributed by atoms with van der Waals surface area (Å²) in [5, 5.41) is 3.02. The predicted molar refractivity (Wildman–Crippen MR) is 72.2 cm³/mol. The zero-order chi connectivity index (χ0) is 13.4. The lowest BCUT2D eigenvalue weighted by Crippen LogP contribution is -2.31. The lowest BCUT2D eigenvalue weighted by atomic mass is 10.0. The fraction of sp³-hybridized carbons (Fsp3) is 0.562. The van der Waals surface area contributed by atoms with Crippen molar-refractivity contribution < 1.29 is 9.18 Å². The number of carbonyl (C=O) groups is 1. The zero-order valence-corrected chi connectivity index (χ0v) is 11.3. The smallest absolute Gasteiger partial charge is 0.223 e. The minimum atomic E-state index is -0.199. The van der Waals surface area contributed by atoms with Gasteiger partial charge in [-0.1, -0.05) is 6.07 Å². The number of benzene rings is 1. The second-order valence-corrected chi connectivity index (χ2v) is 6.04. The zero-order valence-electron chi connectivity index (χ0n) is 11.3. The molecule has 3 rings (SSSR count). The Morgan fingerprint density at radius 1 is 1.32 bits per heavy atom. The van der Waals surface area contributed by atoms with Crippen LogP contribution in [0.3, 0.4) is 0 Å². The van der Waals surface area contributed by atoms with Gasteiger partial charge >= 0.3 is 0 Å². The van der Waals surface area contributed by atoms with E-state index in [1.165, 1.54) is 12.5 Å². The molecule has 2 atom stereocenters. The Balaban J connectivity index is 1.46. The van der Waals surface area contributed by atoms with E-state index in [2.05, 4.69) is 5.32 Å². The van der Waals surface area contributed by atoms with Crippen molar-refractivity contribution in [2.45, 2.75) is 32.6 Å². The van der Waals surface area contributed by atoms with Gasteiger partial charge in [-0.05, 0) is 67.7 Å². The van der Waals surface area contributed by atoms with E-state index in [9.17, 15) is 9.18 Å². The van der Waals surface area contributed by atoms with Crippen LogP contribution in [-0.4, -0.2) is 12.5 Å². The van der Waals surface area contributed by atoms with Gasteiger partial charge in [0.25, 0.3) is 0 Å². The van der Waals surface area contributed by atoms with Gasteiger partial charge in [-0.3, -0.25) is 4.79 Å². The Hall–Kier alpha value is -1.38. The van der Waals surface area contributed by atoms with E-state index in [1.807, 2.05) is 13.0 Å². The summed E-state index contributed by atoms with van der Waals surface area (Å²) in [4.78, 5) is 12.0. The maximum atomic E-state index is 13.0. The van der Waals surface area contributed by atoms with Crippen molar-refractivity contribution in [2.75, 3.05) is 6.54 Å². The summed E-state index contributed by atoms with van der Waals surface area (Å²) in [5.41, 5.74) is 2.06. The van der Waals surface area contributed by atoms with E-state index in [0.717, 1.165) is 42.2 Å². The van der Waals surface area contributed by atoms with Gasteiger partial charge in [-0.15, -0.1) is 0 Å². The van der Waals surface area contributed by atoms with Gasteiger partial charge in [0.2, 0.25) is 5.91 Å². The van der Waals surface area contributed by atoms with Crippen molar-refractivity contribution in [3.63, 3.8) is 0 Å². The highest BCUT2D eigenvalue weighted by molar-refractivity contribution is 5.79. The van der Waals surface area contributed by atoms with Gasteiger partial charge in [0.1, 0.15) is 5.82 Å². The Bertz CT molecular complexity index is 490. The number of fused-ring (bicyclic) bond motifs is 1. The van der Waals surface area contributed by atoms with Crippen molar-refractivity contribution in [2.24, 2.45) is 17.8 Å². The molecule has 0 aromatic heterocycles. The predicted octanol–water partition coefficient (Wildman–Crippen LogP) is 2.84. The molecule has 0 bridgehead atoms. The second-order valence-electron chi connectivity index (χ2n) is 6.04. The monoisotopic (exact) mass is 261 g/mol. The van der Waals surface area contributed by atoms with Gasteiger partial charge in [-0.2, -0.15) is 0 Å². The molecule has 0 radical (unpaired) electrons. The van der Waals surface area contributed by atoms with E-state index in [0.29, 0.717) is 6.54 Å². The lowest BCUT2D eigenvalue weighted by Gasteiger charge is -2.13. The molecule has 0 aliphatic heterocycles. The number of amides is 1. The highest BCUT2D eigenvalue weighted by atomic mass is 19.1. The first-order chi connectivity index (χ1) is 9.13. The number of carbonyl (C=O) groups excluding carboxylic acids is 1. The summed E-state index contributed by atoms with van der Waals surface area (Å²) in [6.45, 7) is 2.56. The fourth-order valence-corrected chi connectivity index (χ4v) is 3.33. The standard InChI is InChI=1S/C16H20FNO/c1-10-6-15(17)3-2-11(10)4-5-18-16(19)14-8-12-7-13(12)9-14/h2-3,6,12-14H,4-5,7-9H2,1H3,(H,18,19). The van der Waals surface area contributed by atoms with Crippen molar-refractivity contribution in [1.82, 2.24) is 5.32 Å². The molecule has 0 spiro atoms. The average molecular weight is 261 g/mol. The molecule has 2 unspecified atom stereocenters. The molecule has 2 saturated carbocycles. The molecular weight excluding hydrogens is 241 g/mol. The summed E-state index contributed by atoms with van der Waals surface area (Å²) >= 11 is 0. The van der Waals surface area contributed by atoms with Crippen molar-refractivity contribution >= 4 is 5.91 Å². The third-order valence-electron chi connectivity index (χ3n) is 4.61. The number of nitrogens with one attached hydrogen (secondary N) is 1. The van der Waals surface area contributed by atoms with Gasteiger partial charge in [-0.25, -0.2) is 4.39 Å². The fourth-order valence-electron chi connectivity index (χ4n) is 3.33. The van der Waals surface area contributed by atoms with Crippen molar-refractivity contribution in [3.05, 3.63) is 35.1 Å². The summed E-state index contributed by atoms with van der Waals surface area (Å²) in [6.07, 6.45) is 4.30. The van der Waals surface area contributed by atoms with Crippen LogP contribution in [-0.2, 0) is 11.2 Å². The summed E-state index contributed by atoms with van der Waals surface area (Å²) in [5.74, 6) is 1.95. The highest BCUT2D eigenvalue weighted by Crippen LogP contribution is 2.54. The van der Waals surface area contributed by atoms with Crippen LogP contribution in [0, 0.1) is 30.5 Å². The summed E-state index contributed by atoms with van der Waals surface area (Å²) in [6, 6.07) is 4.83. The summed E-state index contributed by atoms with van der Waals surface area (Å²) in [7, 11) is 0. The molecule has 0 saturated heterocycles. The van der Waals surface area contributed by atoms with Gasteiger partial charge < -0.3 is 5.32 Å². The second kappa shape index (κ2) is 4.95. The number of aryl methyl sites for hydroxylation is 1. The highest BCUT2D eigenvalue weighted by Gasteiger charge is 2.47. The van der Waals surface area contributed by atoms with E-state index in [-0.39, 0.29) is 17.6 Å². The van der Waals surface area contributed by atoms with Crippen LogP contribution in [0.2, 0.25) is 0 Å². The number of rotatable bonds is 4. The number of hydrogen-bond acceptors (Lipinski definition) is 1. The molecule has 102 valence electrons. The first-order valence-electron chi connectivity index (χ1n) is 7.16. The third kappa shape index (κ3) is 2.80. The van der Waals surface area contributed by atoms with Gasteiger partial charge in [0, 0.05) is 12.5 Å². The van der Waals surface area contributed by atoms with E-state index in [1.54, 1.807) is 6.07 Å². The van der Waals surface area contributed by atoms with Crippen LogP contribution in [0.5, 0.6) is 0 Å². The largest absolute Gasteiger partial charge is 0.356 e. The van der Waals surface area contributed by atoms with Gasteiger partial charge in [0.15, 0.2) is 0 Å². The normalized spacial score (nSPS) is 28.0. The molecule has 2 fully saturated rings. The molecule has 1 aromatic carbocycles. The Morgan fingerprint density at radius 3 is 2.74 bits per heavy atom. The van der Waals surface area contributed by atoms with Crippen LogP contribution in [0.1, 0.15) is 30.4 Å². The topological polar surface area (TPSA) is 29.1 Å². The quantitative estimate of drug-likeness (QED) is 0.887. The lowest BCUT2D eigenvalue weighted by molar-refractivity contribution is -0.125. The Labute approximate surface area is 113 Å². The maximum absolute atomic E-state index is 13.0. The SMILES string of the molecule is Cc1cc(F)ccc1CCNC(=O)C1CC2CC2C1. The number of halogens is 1. The van der Waals surface area contributed by atoms with Crippen LogP contribution in [0.4, 0.5) is 4.39 Å². The molecule has 3 heteroatoms. The van der Waals surface area contributed by atoms with Gasteiger partial charge in [0.05, 0.1) is 0 Å². The molecule has 1 amide bonds. The summed E-state index contributed by atoms with van der Waals surface area (Å²) < 4.78 is 13.0. The Morgan fingerprint density at radius 2 is 2.05 bits per heavy atom. The maximum Gasteiger partial charge on any atom is 0.223 e. The third-order valence-corrected chi connectivity index (χ3v) is 4.61. The van der Waals surface area contributed by atoms with Crippen LogP contribution in [0.15, 0.2) is 18.2 Å². The minimum absolute atomic E-state index is 0.199. The Kier molecular flexibility index (Phi) is 3.29. The van der Waals surface area contributed by atoms with Crippen molar-refractivity contribution in [3.8, 4) is 0 Å². The first-order valence-corrected chi connectivity index (χ1v) is 7.16. The van der Waals surface area contributed by atoms with Crippen molar-refractivity contribution in [1.29, 1.82) is 0 Å². The van der Waals surface area contributed by atoms with Crippen LogP contribution in [0.25, 0.3) is 0 Å². The molecule has 1 aromatic rings. The molecular formula is C16H20FNO. The average Bonchev–Trinajstić information content (AvgIpc) is 2.98. The molecule has 0 heterocycles. The van der Waals surface area contributed by atoms with Crippen LogP contribution >= 0.6 is 0 Å². The molecule has 2 aliphatic carbocycles. The number of hydrogen-bond donors (Lipinski definition) is 1. The van der Waals surface area contributed by atoms with E-state index < -0.39 is 0 Å². The molecule has 1 N–H and O–H groups in total. The van der Waals surface area contributed by atoms with E-state index in [4.69, 9.17) is 0 Å². The molecule has 19 heavy (non-hydrogen) atoms. The first kappa shape index (κ1) is 12.6. The molecule has 2 nitrogen and oxygen atoms in total. The van der Waals surface area contributed by atoms with Crippen LogP contribution < -0.4 is 5.32 Å². The van der Waals surface area contributed by atoms with E-state index >= 15 is 0 Å². The minimum Gasteiger partial charge on any atom is -0.356 e. The molecule has 2 aliphatic rings.